The molecule has 3 aromatic carbocycles. The lowest BCUT2D eigenvalue weighted by molar-refractivity contribution is 0.293. The quantitative estimate of drug-likeness (QED) is 0.235. The number of ether oxygens (including phenoxy) is 2. The SMILES string of the molecule is CCOc1ccc2oc(-c3ccccc3)c(COc3nc4cccnc4nc3C#Cc3ccccc3)c2c1. The normalized spacial score (nSPS) is 10.8. The lowest BCUT2D eigenvalue weighted by Crippen LogP contribution is -2.03. The molecule has 0 spiro atoms. The summed E-state index contributed by atoms with van der Waals surface area (Å²) in [5.41, 5.74) is 5.04. The molecular weight excluding hydrogens is 474 g/mol. The van der Waals surface area contributed by atoms with E-state index in [1.807, 2.05) is 97.9 Å². The van der Waals surface area contributed by atoms with E-state index in [0.29, 0.717) is 29.3 Å². The van der Waals surface area contributed by atoms with Crippen molar-refractivity contribution in [3.63, 3.8) is 0 Å². The minimum Gasteiger partial charge on any atom is -0.494 e. The third kappa shape index (κ3) is 4.78. The highest BCUT2D eigenvalue weighted by Crippen LogP contribution is 2.36. The molecule has 184 valence electrons. The van der Waals surface area contributed by atoms with E-state index < -0.39 is 0 Å². The molecule has 0 N–H and O–H groups in total. The Kier molecular flexibility index (Phi) is 6.40. The Labute approximate surface area is 219 Å². The van der Waals surface area contributed by atoms with E-state index in [0.717, 1.165) is 39.2 Å². The van der Waals surface area contributed by atoms with Crippen LogP contribution in [0.1, 0.15) is 23.7 Å². The summed E-state index contributed by atoms with van der Waals surface area (Å²) < 4.78 is 18.4. The summed E-state index contributed by atoms with van der Waals surface area (Å²) in [6, 6.07) is 29.2. The number of aromatic nitrogens is 3. The highest BCUT2D eigenvalue weighted by atomic mass is 16.5. The Hall–Kier alpha value is -5.15. The molecule has 6 heteroatoms. The Morgan fingerprint density at radius 3 is 2.45 bits per heavy atom. The Morgan fingerprint density at radius 1 is 0.816 bits per heavy atom. The van der Waals surface area contributed by atoms with Crippen molar-refractivity contribution in [1.82, 2.24) is 15.0 Å². The summed E-state index contributed by atoms with van der Waals surface area (Å²) in [5, 5.41) is 0.919. The Bertz CT molecular complexity index is 1790. The number of fused-ring (bicyclic) bond motifs is 2. The minimum absolute atomic E-state index is 0.202. The van der Waals surface area contributed by atoms with Crippen molar-refractivity contribution in [2.75, 3.05) is 6.61 Å². The maximum Gasteiger partial charge on any atom is 0.250 e. The first kappa shape index (κ1) is 23.3. The highest BCUT2D eigenvalue weighted by molar-refractivity contribution is 5.89. The minimum atomic E-state index is 0.202. The van der Waals surface area contributed by atoms with Crippen molar-refractivity contribution in [1.29, 1.82) is 0 Å². The van der Waals surface area contributed by atoms with Crippen LogP contribution in [0.4, 0.5) is 0 Å². The molecule has 0 atom stereocenters. The zero-order chi connectivity index (χ0) is 25.7. The molecule has 0 bridgehead atoms. The van der Waals surface area contributed by atoms with Gasteiger partial charge in [-0.2, -0.15) is 0 Å². The molecule has 0 saturated carbocycles. The van der Waals surface area contributed by atoms with E-state index in [1.165, 1.54) is 0 Å². The van der Waals surface area contributed by atoms with E-state index in [9.17, 15) is 0 Å². The van der Waals surface area contributed by atoms with Gasteiger partial charge in [-0.25, -0.2) is 15.0 Å². The summed E-state index contributed by atoms with van der Waals surface area (Å²) in [7, 11) is 0. The van der Waals surface area contributed by atoms with Crippen molar-refractivity contribution >= 4 is 22.1 Å². The maximum absolute atomic E-state index is 6.34. The van der Waals surface area contributed by atoms with Crippen LogP contribution in [0.5, 0.6) is 11.6 Å². The first-order valence-corrected chi connectivity index (χ1v) is 12.3. The van der Waals surface area contributed by atoms with Crippen LogP contribution in [0, 0.1) is 11.8 Å². The molecule has 6 rings (SSSR count). The van der Waals surface area contributed by atoms with Gasteiger partial charge in [0.25, 0.3) is 0 Å². The van der Waals surface area contributed by atoms with E-state index in [1.54, 1.807) is 6.20 Å². The lowest BCUT2D eigenvalue weighted by Gasteiger charge is -2.09. The molecule has 0 aliphatic rings. The van der Waals surface area contributed by atoms with Crippen LogP contribution < -0.4 is 9.47 Å². The molecule has 3 aromatic heterocycles. The van der Waals surface area contributed by atoms with Crippen LogP contribution in [0.15, 0.2) is 102 Å². The van der Waals surface area contributed by atoms with Gasteiger partial charge in [-0.1, -0.05) is 54.5 Å². The molecule has 38 heavy (non-hydrogen) atoms. The molecular formula is C32H23N3O3. The standard InChI is InChI=1S/C32H23N3O3/c1-2-36-24-16-18-29-25(20-24)26(30(38-29)23-12-7-4-8-13-23)21-37-32-28(17-15-22-10-5-3-6-11-22)34-31-27(35-32)14-9-19-33-31/h3-14,16,18-20H,2,21H2,1H3. The number of furan rings is 1. The first-order valence-electron chi connectivity index (χ1n) is 12.3. The zero-order valence-electron chi connectivity index (χ0n) is 20.7. The second-order valence-corrected chi connectivity index (χ2v) is 8.49. The average Bonchev–Trinajstić information content (AvgIpc) is 3.33. The fourth-order valence-corrected chi connectivity index (χ4v) is 4.20. The molecule has 0 aliphatic heterocycles. The van der Waals surface area contributed by atoms with Gasteiger partial charge < -0.3 is 13.9 Å². The summed E-state index contributed by atoms with van der Waals surface area (Å²) in [6.45, 7) is 2.74. The maximum atomic E-state index is 6.34. The van der Waals surface area contributed by atoms with Gasteiger partial charge in [0.1, 0.15) is 29.2 Å². The van der Waals surface area contributed by atoms with Crippen molar-refractivity contribution in [3.8, 4) is 34.8 Å². The first-order chi connectivity index (χ1) is 18.8. The molecule has 0 saturated heterocycles. The van der Waals surface area contributed by atoms with Crippen LogP contribution in [-0.2, 0) is 6.61 Å². The largest absolute Gasteiger partial charge is 0.494 e. The smallest absolute Gasteiger partial charge is 0.250 e. The second kappa shape index (κ2) is 10.5. The lowest BCUT2D eigenvalue weighted by atomic mass is 10.1. The number of rotatable bonds is 6. The predicted molar refractivity (Wildman–Crippen MR) is 147 cm³/mol. The zero-order valence-corrected chi connectivity index (χ0v) is 20.7. The van der Waals surface area contributed by atoms with Gasteiger partial charge in [0.15, 0.2) is 11.3 Å². The fraction of sp³-hybridized carbons (Fsp3) is 0.0938. The monoisotopic (exact) mass is 497 g/mol. The van der Waals surface area contributed by atoms with Gasteiger partial charge in [-0.05, 0) is 55.3 Å². The van der Waals surface area contributed by atoms with Crippen LogP contribution in [0.3, 0.4) is 0 Å². The molecule has 0 amide bonds. The van der Waals surface area contributed by atoms with Gasteiger partial charge >= 0.3 is 0 Å². The van der Waals surface area contributed by atoms with Crippen molar-refractivity contribution in [2.45, 2.75) is 13.5 Å². The van der Waals surface area contributed by atoms with E-state index in [2.05, 4.69) is 21.8 Å². The van der Waals surface area contributed by atoms with E-state index >= 15 is 0 Å². The number of hydrogen-bond acceptors (Lipinski definition) is 6. The van der Waals surface area contributed by atoms with Crippen molar-refractivity contribution in [2.24, 2.45) is 0 Å². The molecule has 6 aromatic rings. The predicted octanol–water partition coefficient (Wildman–Crippen LogP) is 6.82. The molecule has 0 fully saturated rings. The summed E-state index contributed by atoms with van der Waals surface area (Å²) in [4.78, 5) is 13.7. The Balaban J connectivity index is 1.43. The summed E-state index contributed by atoms with van der Waals surface area (Å²) in [5.74, 6) is 8.13. The number of nitrogens with zero attached hydrogens (tertiary/aromatic N) is 3. The van der Waals surface area contributed by atoms with Gasteiger partial charge in [-0.3, -0.25) is 0 Å². The van der Waals surface area contributed by atoms with Crippen LogP contribution in [0.25, 0.3) is 33.5 Å². The fourth-order valence-electron chi connectivity index (χ4n) is 4.20. The van der Waals surface area contributed by atoms with Crippen LogP contribution in [0.2, 0.25) is 0 Å². The van der Waals surface area contributed by atoms with Gasteiger partial charge in [0.2, 0.25) is 5.88 Å². The summed E-state index contributed by atoms with van der Waals surface area (Å²) in [6.07, 6.45) is 1.69. The molecule has 0 unspecified atom stereocenters. The number of benzene rings is 3. The molecule has 0 radical (unpaired) electrons. The van der Waals surface area contributed by atoms with E-state index in [-0.39, 0.29) is 6.61 Å². The van der Waals surface area contributed by atoms with Crippen molar-refractivity contribution in [3.05, 3.63) is 114 Å². The summed E-state index contributed by atoms with van der Waals surface area (Å²) >= 11 is 0. The van der Waals surface area contributed by atoms with E-state index in [4.69, 9.17) is 18.9 Å². The van der Waals surface area contributed by atoms with Gasteiger partial charge in [0.05, 0.1) is 6.61 Å². The van der Waals surface area contributed by atoms with Crippen LogP contribution >= 0.6 is 0 Å². The average molecular weight is 498 g/mol. The van der Waals surface area contributed by atoms with Crippen LogP contribution in [-0.4, -0.2) is 21.6 Å². The topological polar surface area (TPSA) is 70.3 Å². The third-order valence-electron chi connectivity index (χ3n) is 5.97. The number of hydrogen-bond donors (Lipinski definition) is 0. The molecule has 3 heterocycles. The molecule has 0 aliphatic carbocycles. The molecule has 6 nitrogen and oxygen atoms in total. The van der Waals surface area contributed by atoms with Gasteiger partial charge in [-0.15, -0.1) is 0 Å². The highest BCUT2D eigenvalue weighted by Gasteiger charge is 2.19. The van der Waals surface area contributed by atoms with Gasteiger partial charge in [0, 0.05) is 28.3 Å². The number of pyridine rings is 1. The Morgan fingerprint density at radius 2 is 1.63 bits per heavy atom. The van der Waals surface area contributed by atoms with Crippen molar-refractivity contribution < 1.29 is 13.9 Å². The second-order valence-electron chi connectivity index (χ2n) is 8.49. The third-order valence-corrected chi connectivity index (χ3v) is 5.97.